The minimum absolute atomic E-state index is 0.0172. The molecule has 0 aliphatic carbocycles. The number of carbonyl (C=O) groups is 3. The molecular formula is C25H24N2O6S. The summed E-state index contributed by atoms with van der Waals surface area (Å²) in [5, 5.41) is 2.55. The van der Waals surface area contributed by atoms with Crippen molar-refractivity contribution in [2.45, 2.75) is 24.3 Å². The van der Waals surface area contributed by atoms with Gasteiger partial charge in [-0.15, -0.1) is 0 Å². The highest BCUT2D eigenvalue weighted by Crippen LogP contribution is 2.23. The van der Waals surface area contributed by atoms with E-state index >= 15 is 0 Å². The molecule has 0 bridgehead atoms. The highest BCUT2D eigenvalue weighted by molar-refractivity contribution is 7.89. The molecule has 3 aromatic carbocycles. The first-order valence-corrected chi connectivity index (χ1v) is 12.0. The molecule has 2 N–H and O–H groups in total. The summed E-state index contributed by atoms with van der Waals surface area (Å²) >= 11 is 0. The number of esters is 1. The molecule has 0 heterocycles. The molecule has 0 aliphatic rings. The molecule has 8 nitrogen and oxygen atoms in total. The lowest BCUT2D eigenvalue weighted by atomic mass is 10.00. The Hall–Kier alpha value is -3.82. The number of Topliss-reactive ketones (excluding diaryl/α,β-unsaturated/α-hetero) is 1. The molecule has 1 unspecified atom stereocenters. The first-order chi connectivity index (χ1) is 16.3. The van der Waals surface area contributed by atoms with Gasteiger partial charge in [-0.05, 0) is 24.3 Å². The van der Waals surface area contributed by atoms with Crippen molar-refractivity contribution in [3.8, 4) is 0 Å². The summed E-state index contributed by atoms with van der Waals surface area (Å²) in [5.41, 5.74) is 1.38. The van der Waals surface area contributed by atoms with Crippen LogP contribution in [0.25, 0.3) is 0 Å². The Balaban J connectivity index is 1.62. The molecular weight excluding hydrogens is 456 g/mol. The molecule has 0 spiro atoms. The molecule has 176 valence electrons. The van der Waals surface area contributed by atoms with Gasteiger partial charge in [0.1, 0.15) is 0 Å². The molecule has 0 saturated carbocycles. The predicted molar refractivity (Wildman–Crippen MR) is 127 cm³/mol. The van der Waals surface area contributed by atoms with Crippen molar-refractivity contribution in [3.63, 3.8) is 0 Å². The normalized spacial score (nSPS) is 11.9. The zero-order chi connectivity index (χ0) is 24.6. The third-order valence-corrected chi connectivity index (χ3v) is 6.23. The van der Waals surface area contributed by atoms with Crippen LogP contribution in [-0.4, -0.2) is 32.6 Å². The molecule has 3 aromatic rings. The van der Waals surface area contributed by atoms with E-state index in [2.05, 4.69) is 10.0 Å². The van der Waals surface area contributed by atoms with Crippen molar-refractivity contribution in [2.75, 3.05) is 11.9 Å². The summed E-state index contributed by atoms with van der Waals surface area (Å²) < 4.78 is 32.8. The van der Waals surface area contributed by atoms with Crippen LogP contribution < -0.4 is 10.0 Å². The summed E-state index contributed by atoms with van der Waals surface area (Å²) in [7, 11) is -3.88. The number of hydrogen-bond acceptors (Lipinski definition) is 6. The maximum Gasteiger partial charge on any atom is 0.308 e. The summed E-state index contributed by atoms with van der Waals surface area (Å²) in [6, 6.07) is 22.7. The number of ketones is 1. The van der Waals surface area contributed by atoms with E-state index in [0.717, 1.165) is 0 Å². The lowest BCUT2D eigenvalue weighted by molar-refractivity contribution is -0.147. The first kappa shape index (κ1) is 24.8. The number of rotatable bonds is 10. The average Bonchev–Trinajstić information content (AvgIpc) is 2.83. The fourth-order valence-corrected chi connectivity index (χ4v) is 4.17. The molecule has 0 saturated heterocycles. The summed E-state index contributed by atoms with van der Waals surface area (Å²) in [6.45, 7) is 1.14. The van der Waals surface area contributed by atoms with Crippen LogP contribution in [0.1, 0.15) is 35.4 Å². The second-order valence-electron chi connectivity index (χ2n) is 7.36. The van der Waals surface area contributed by atoms with E-state index in [1.165, 1.54) is 31.2 Å². The minimum Gasteiger partial charge on any atom is -0.449 e. The quantitative estimate of drug-likeness (QED) is 0.339. The molecule has 0 radical (unpaired) electrons. The number of ether oxygens (including phenoxy) is 1. The first-order valence-electron chi connectivity index (χ1n) is 10.5. The SMILES string of the molecule is CC(=O)Nc1ccc(S(=O)(=O)NCCC(=O)OC(C(=O)c2ccccc2)c2ccccc2)cc1. The molecule has 34 heavy (non-hydrogen) atoms. The number of benzene rings is 3. The second-order valence-corrected chi connectivity index (χ2v) is 9.13. The third kappa shape index (κ3) is 6.84. The minimum atomic E-state index is -3.88. The van der Waals surface area contributed by atoms with Gasteiger partial charge in [0.15, 0.2) is 6.10 Å². The Labute approximate surface area is 198 Å². The summed E-state index contributed by atoms with van der Waals surface area (Å²) in [5.74, 6) is -1.37. The second kappa shape index (κ2) is 11.4. The highest BCUT2D eigenvalue weighted by atomic mass is 32.2. The third-order valence-electron chi connectivity index (χ3n) is 4.75. The number of anilines is 1. The average molecular weight is 481 g/mol. The van der Waals surface area contributed by atoms with Crippen LogP contribution in [0.2, 0.25) is 0 Å². The Morgan fingerprint density at radius 1 is 0.853 bits per heavy atom. The van der Waals surface area contributed by atoms with Crippen LogP contribution in [0, 0.1) is 0 Å². The lowest BCUT2D eigenvalue weighted by Crippen LogP contribution is -2.28. The Kier molecular flexibility index (Phi) is 8.29. The molecule has 1 atom stereocenters. The van der Waals surface area contributed by atoms with Gasteiger partial charge in [0.2, 0.25) is 21.7 Å². The number of carbonyl (C=O) groups excluding carboxylic acids is 3. The van der Waals surface area contributed by atoms with Gasteiger partial charge in [-0.3, -0.25) is 14.4 Å². The van der Waals surface area contributed by atoms with Gasteiger partial charge in [-0.1, -0.05) is 60.7 Å². The van der Waals surface area contributed by atoms with Crippen molar-refractivity contribution in [2.24, 2.45) is 0 Å². The zero-order valence-corrected chi connectivity index (χ0v) is 19.2. The topological polar surface area (TPSA) is 119 Å². The van der Waals surface area contributed by atoms with E-state index in [-0.39, 0.29) is 29.6 Å². The van der Waals surface area contributed by atoms with Crippen molar-refractivity contribution in [1.82, 2.24) is 4.72 Å². The van der Waals surface area contributed by atoms with E-state index in [0.29, 0.717) is 16.8 Å². The van der Waals surface area contributed by atoms with Crippen LogP contribution >= 0.6 is 0 Å². The van der Waals surface area contributed by atoms with E-state index in [1.807, 2.05) is 0 Å². The largest absolute Gasteiger partial charge is 0.449 e. The Morgan fingerprint density at radius 2 is 1.44 bits per heavy atom. The van der Waals surface area contributed by atoms with Crippen LogP contribution in [0.15, 0.2) is 89.8 Å². The van der Waals surface area contributed by atoms with Gasteiger partial charge < -0.3 is 10.1 Å². The van der Waals surface area contributed by atoms with Crippen molar-refractivity contribution in [1.29, 1.82) is 0 Å². The van der Waals surface area contributed by atoms with Gasteiger partial charge >= 0.3 is 5.97 Å². The molecule has 1 amide bonds. The fourth-order valence-electron chi connectivity index (χ4n) is 3.14. The zero-order valence-electron chi connectivity index (χ0n) is 18.4. The molecule has 3 rings (SSSR count). The van der Waals surface area contributed by atoms with Crippen LogP contribution in [0.3, 0.4) is 0 Å². The Bertz CT molecular complexity index is 1240. The molecule has 0 fully saturated rings. The smallest absolute Gasteiger partial charge is 0.308 e. The number of amides is 1. The molecule has 9 heteroatoms. The summed E-state index contributed by atoms with van der Waals surface area (Å²) in [6.07, 6.45) is -1.41. The highest BCUT2D eigenvalue weighted by Gasteiger charge is 2.26. The van der Waals surface area contributed by atoms with Gasteiger partial charge in [-0.2, -0.15) is 0 Å². The summed E-state index contributed by atoms with van der Waals surface area (Å²) in [4.78, 5) is 36.5. The van der Waals surface area contributed by atoms with Crippen LogP contribution in [-0.2, 0) is 24.3 Å². The maximum atomic E-state index is 13.0. The van der Waals surface area contributed by atoms with Crippen molar-refractivity contribution in [3.05, 3.63) is 96.1 Å². The van der Waals surface area contributed by atoms with E-state index < -0.39 is 22.1 Å². The van der Waals surface area contributed by atoms with Gasteiger partial charge in [0, 0.05) is 30.3 Å². The van der Waals surface area contributed by atoms with Gasteiger partial charge in [-0.25, -0.2) is 13.1 Å². The number of hydrogen-bond donors (Lipinski definition) is 2. The fraction of sp³-hybridized carbons (Fsp3) is 0.160. The predicted octanol–water partition coefficient (Wildman–Crippen LogP) is 3.48. The van der Waals surface area contributed by atoms with Crippen molar-refractivity contribution < 1.29 is 27.5 Å². The van der Waals surface area contributed by atoms with Crippen molar-refractivity contribution >= 4 is 33.4 Å². The van der Waals surface area contributed by atoms with E-state index in [1.54, 1.807) is 60.7 Å². The van der Waals surface area contributed by atoms with E-state index in [9.17, 15) is 22.8 Å². The monoisotopic (exact) mass is 480 g/mol. The maximum absolute atomic E-state index is 13.0. The lowest BCUT2D eigenvalue weighted by Gasteiger charge is -2.17. The number of sulfonamides is 1. The van der Waals surface area contributed by atoms with E-state index in [4.69, 9.17) is 4.74 Å². The van der Waals surface area contributed by atoms with Crippen LogP contribution in [0.4, 0.5) is 5.69 Å². The standard InChI is InChI=1S/C25H24N2O6S/c1-18(28)27-21-12-14-22(15-13-21)34(31,32)26-17-16-23(29)33-25(20-10-6-3-7-11-20)24(30)19-8-4-2-5-9-19/h2-15,25-26H,16-17H2,1H3,(H,27,28). The van der Waals surface area contributed by atoms with Crippen LogP contribution in [0.5, 0.6) is 0 Å². The number of nitrogens with one attached hydrogen (secondary N) is 2. The Morgan fingerprint density at radius 3 is 2.03 bits per heavy atom. The molecule has 0 aromatic heterocycles. The van der Waals surface area contributed by atoms with Gasteiger partial charge in [0.25, 0.3) is 0 Å². The molecule has 0 aliphatic heterocycles. The van der Waals surface area contributed by atoms with Gasteiger partial charge in [0.05, 0.1) is 11.3 Å².